The molecular weight excluding hydrogens is 470 g/mol. The molecule has 1 aliphatic rings. The predicted molar refractivity (Wildman–Crippen MR) is 121 cm³/mol. The van der Waals surface area contributed by atoms with Gasteiger partial charge in [0.1, 0.15) is 0 Å². The van der Waals surface area contributed by atoms with Gasteiger partial charge in [0.25, 0.3) is 0 Å². The average Bonchev–Trinajstić information content (AvgIpc) is 3.49. The molecule has 0 amide bonds. The number of aromatic nitrogens is 1. The lowest BCUT2D eigenvalue weighted by molar-refractivity contribution is 0.285. The molecule has 1 unspecified atom stereocenters. The van der Waals surface area contributed by atoms with Crippen molar-refractivity contribution < 1.29 is 9.13 Å². The summed E-state index contributed by atoms with van der Waals surface area (Å²) in [6, 6.07) is 8.96. The zero-order chi connectivity index (χ0) is 19.2. The van der Waals surface area contributed by atoms with E-state index in [9.17, 15) is 4.39 Å². The Morgan fingerprint density at radius 1 is 1.36 bits per heavy atom. The number of aliphatic imine (C=N–C) groups is 1. The van der Waals surface area contributed by atoms with Gasteiger partial charge < -0.3 is 15.4 Å². The highest BCUT2D eigenvalue weighted by molar-refractivity contribution is 14.0. The van der Waals surface area contributed by atoms with E-state index >= 15 is 0 Å². The van der Waals surface area contributed by atoms with Gasteiger partial charge in [-0.3, -0.25) is 9.98 Å². The number of nitrogens with zero attached hydrogens (tertiary/aromatic N) is 2. The summed E-state index contributed by atoms with van der Waals surface area (Å²) in [5.74, 6) is 1.24. The number of aryl methyl sites for hydroxylation is 1. The highest BCUT2D eigenvalue weighted by atomic mass is 127. The van der Waals surface area contributed by atoms with Crippen LogP contribution in [0, 0.1) is 18.7 Å². The van der Waals surface area contributed by atoms with Crippen LogP contribution in [-0.4, -0.2) is 24.6 Å². The molecule has 0 spiro atoms. The highest BCUT2D eigenvalue weighted by Crippen LogP contribution is 2.30. The van der Waals surface area contributed by atoms with Crippen molar-refractivity contribution in [3.05, 3.63) is 59.2 Å². The lowest BCUT2D eigenvalue weighted by Gasteiger charge is -2.19. The maximum absolute atomic E-state index is 14.3. The molecule has 0 bridgehead atoms. The molecule has 1 fully saturated rings. The first-order valence-electron chi connectivity index (χ1n) is 9.36. The topological polar surface area (TPSA) is 58.5 Å². The summed E-state index contributed by atoms with van der Waals surface area (Å²) in [4.78, 5) is 8.61. The van der Waals surface area contributed by atoms with Gasteiger partial charge in [-0.2, -0.15) is 0 Å². The van der Waals surface area contributed by atoms with E-state index in [-0.39, 0.29) is 35.8 Å². The summed E-state index contributed by atoms with van der Waals surface area (Å²) in [7, 11) is 1.71. The van der Waals surface area contributed by atoms with Crippen LogP contribution >= 0.6 is 24.0 Å². The molecule has 28 heavy (non-hydrogen) atoms. The third-order valence-electron chi connectivity index (χ3n) is 4.75. The summed E-state index contributed by atoms with van der Waals surface area (Å²) >= 11 is 0. The van der Waals surface area contributed by atoms with E-state index in [4.69, 9.17) is 4.74 Å². The fraction of sp³-hybridized carbons (Fsp3) is 0.429. The molecule has 152 valence electrons. The molecule has 1 aromatic carbocycles. The van der Waals surface area contributed by atoms with Crippen LogP contribution in [0.25, 0.3) is 0 Å². The number of hydrogen-bond donors (Lipinski definition) is 2. The van der Waals surface area contributed by atoms with E-state index in [0.717, 1.165) is 16.8 Å². The minimum Gasteiger partial charge on any atom is -0.490 e. The number of benzene rings is 1. The Morgan fingerprint density at radius 3 is 2.79 bits per heavy atom. The van der Waals surface area contributed by atoms with Crippen LogP contribution in [0.2, 0.25) is 0 Å². The Balaban J connectivity index is 0.00000280. The normalized spacial score (nSPS) is 14.8. The molecule has 1 aromatic heterocycles. The van der Waals surface area contributed by atoms with Crippen LogP contribution in [-0.2, 0) is 6.54 Å². The number of guanidine groups is 1. The van der Waals surface area contributed by atoms with Crippen molar-refractivity contribution in [2.75, 3.05) is 13.7 Å². The Kier molecular flexibility index (Phi) is 8.47. The number of hydrogen-bond acceptors (Lipinski definition) is 3. The number of rotatable bonds is 7. The first-order valence-corrected chi connectivity index (χ1v) is 9.36. The molecule has 1 aliphatic carbocycles. The first kappa shape index (κ1) is 22.4. The Morgan fingerprint density at radius 2 is 2.14 bits per heavy atom. The fourth-order valence-electron chi connectivity index (χ4n) is 2.75. The summed E-state index contributed by atoms with van der Waals surface area (Å²) < 4.78 is 19.9. The second-order valence-electron chi connectivity index (χ2n) is 7.00. The zero-order valence-corrected chi connectivity index (χ0v) is 18.9. The van der Waals surface area contributed by atoms with Crippen LogP contribution in [0.4, 0.5) is 4.39 Å². The van der Waals surface area contributed by atoms with Crippen molar-refractivity contribution >= 4 is 29.9 Å². The molecule has 0 radical (unpaired) electrons. The molecule has 0 aliphatic heterocycles. The zero-order valence-electron chi connectivity index (χ0n) is 16.5. The molecule has 2 aromatic rings. The lowest BCUT2D eigenvalue weighted by Crippen LogP contribution is -2.38. The standard InChI is InChI=1S/C21H27FN4O.HI/c1-14-5-4-10-24-19(14)12-25-21(23-3)26-15(2)17-8-9-20(18(22)11-17)27-13-16-6-7-16;/h4-5,8-11,15-16H,6-7,12-13H2,1-3H3,(H2,23,25,26);1H. The molecule has 1 atom stereocenters. The average molecular weight is 498 g/mol. The van der Waals surface area contributed by atoms with Gasteiger partial charge in [-0.1, -0.05) is 12.1 Å². The number of nitrogens with one attached hydrogen (secondary N) is 2. The van der Waals surface area contributed by atoms with E-state index in [1.807, 2.05) is 32.0 Å². The van der Waals surface area contributed by atoms with E-state index in [1.165, 1.54) is 18.9 Å². The quantitative estimate of drug-likeness (QED) is 0.339. The van der Waals surface area contributed by atoms with Crippen molar-refractivity contribution in [2.45, 2.75) is 39.3 Å². The molecule has 3 rings (SSSR count). The SMILES string of the molecule is CN=C(NCc1ncccc1C)NC(C)c1ccc(OCC2CC2)c(F)c1.I. The van der Waals surface area contributed by atoms with Crippen molar-refractivity contribution in [1.82, 2.24) is 15.6 Å². The summed E-state index contributed by atoms with van der Waals surface area (Å²) in [6.07, 6.45) is 4.15. The molecule has 2 N–H and O–H groups in total. The second-order valence-corrected chi connectivity index (χ2v) is 7.00. The third-order valence-corrected chi connectivity index (χ3v) is 4.75. The molecule has 1 heterocycles. The predicted octanol–water partition coefficient (Wildman–Crippen LogP) is 4.36. The molecular formula is C21H28FIN4O. The van der Waals surface area contributed by atoms with Crippen LogP contribution in [0.3, 0.4) is 0 Å². The van der Waals surface area contributed by atoms with Gasteiger partial charge in [-0.25, -0.2) is 4.39 Å². The van der Waals surface area contributed by atoms with Gasteiger partial charge in [0, 0.05) is 13.2 Å². The van der Waals surface area contributed by atoms with Crippen molar-refractivity contribution in [2.24, 2.45) is 10.9 Å². The van der Waals surface area contributed by atoms with Gasteiger partial charge in [0.2, 0.25) is 0 Å². The van der Waals surface area contributed by atoms with Gasteiger partial charge in [-0.15, -0.1) is 24.0 Å². The van der Waals surface area contributed by atoms with Gasteiger partial charge in [-0.05, 0) is 61.9 Å². The number of ether oxygens (including phenoxy) is 1. The molecule has 1 saturated carbocycles. The fourth-order valence-corrected chi connectivity index (χ4v) is 2.75. The monoisotopic (exact) mass is 498 g/mol. The molecule has 7 heteroatoms. The second kappa shape index (κ2) is 10.6. The van der Waals surface area contributed by atoms with Crippen LogP contribution < -0.4 is 15.4 Å². The maximum Gasteiger partial charge on any atom is 0.191 e. The number of pyridine rings is 1. The third kappa shape index (κ3) is 6.32. The smallest absolute Gasteiger partial charge is 0.191 e. The largest absolute Gasteiger partial charge is 0.490 e. The molecule has 5 nitrogen and oxygen atoms in total. The van der Waals surface area contributed by atoms with E-state index in [0.29, 0.717) is 30.8 Å². The van der Waals surface area contributed by atoms with Gasteiger partial charge in [0.15, 0.2) is 17.5 Å². The Bertz CT molecular complexity index is 811. The van der Waals surface area contributed by atoms with E-state index in [2.05, 4.69) is 20.6 Å². The minimum atomic E-state index is -0.325. The maximum atomic E-state index is 14.3. The van der Waals surface area contributed by atoms with Gasteiger partial charge in [0.05, 0.1) is 24.9 Å². The molecule has 0 saturated heterocycles. The van der Waals surface area contributed by atoms with Crippen LogP contribution in [0.15, 0.2) is 41.5 Å². The van der Waals surface area contributed by atoms with Crippen molar-refractivity contribution in [1.29, 1.82) is 0 Å². The van der Waals surface area contributed by atoms with Gasteiger partial charge >= 0.3 is 0 Å². The highest BCUT2D eigenvalue weighted by Gasteiger charge is 2.22. The van der Waals surface area contributed by atoms with Crippen molar-refractivity contribution in [3.63, 3.8) is 0 Å². The van der Waals surface area contributed by atoms with Crippen LogP contribution in [0.1, 0.15) is 42.6 Å². The summed E-state index contributed by atoms with van der Waals surface area (Å²) in [5.41, 5.74) is 2.93. The van der Waals surface area contributed by atoms with E-state index in [1.54, 1.807) is 19.3 Å². The van der Waals surface area contributed by atoms with Crippen molar-refractivity contribution in [3.8, 4) is 5.75 Å². The van der Waals surface area contributed by atoms with E-state index < -0.39 is 0 Å². The number of halogens is 2. The summed E-state index contributed by atoms with van der Waals surface area (Å²) in [5, 5.41) is 6.53. The summed E-state index contributed by atoms with van der Waals surface area (Å²) in [6.45, 7) is 5.17. The minimum absolute atomic E-state index is 0. The first-order chi connectivity index (χ1) is 13.1. The lowest BCUT2D eigenvalue weighted by atomic mass is 10.1. The van der Waals surface area contributed by atoms with Crippen LogP contribution in [0.5, 0.6) is 5.75 Å². The Labute approximate surface area is 183 Å². The Hall–Kier alpha value is -1.90.